The number of thiocarbonyl (C=S) groups is 1. The zero-order chi connectivity index (χ0) is 11.8. The predicted molar refractivity (Wildman–Crippen MR) is 65.8 cm³/mol. The molecule has 0 saturated heterocycles. The lowest BCUT2D eigenvalue weighted by molar-refractivity contribution is -0.113. The van der Waals surface area contributed by atoms with Gasteiger partial charge in [-0.05, 0) is 43.1 Å². The Kier molecular flexibility index (Phi) is 6.90. The van der Waals surface area contributed by atoms with Crippen molar-refractivity contribution in [3.8, 4) is 0 Å². The monoisotopic (exact) mass is 244 g/mol. The van der Waals surface area contributed by atoms with Crippen LogP contribution < -0.4 is 0 Å². The molecule has 0 aromatic carbocycles. The summed E-state index contributed by atoms with van der Waals surface area (Å²) in [5.74, 6) is -0.202. The molecule has 0 amide bonds. The van der Waals surface area contributed by atoms with Gasteiger partial charge in [0.05, 0.1) is 6.42 Å². The summed E-state index contributed by atoms with van der Waals surface area (Å²) >= 11 is 5.78. The minimum Gasteiger partial charge on any atom is -0.473 e. The van der Waals surface area contributed by atoms with Crippen molar-refractivity contribution in [2.75, 3.05) is 0 Å². The molecule has 0 heterocycles. The quantitative estimate of drug-likeness (QED) is 0.407. The Balaban J connectivity index is 3.95. The molecule has 0 rings (SSSR count). The summed E-state index contributed by atoms with van der Waals surface area (Å²) in [7, 11) is 0. The van der Waals surface area contributed by atoms with Crippen molar-refractivity contribution < 1.29 is 14.3 Å². The van der Waals surface area contributed by atoms with Gasteiger partial charge in [0.1, 0.15) is 5.44 Å². The number of thioether (sulfide) groups is 1. The van der Waals surface area contributed by atoms with Gasteiger partial charge in [-0.2, -0.15) is 0 Å². The standard InChI is InChI=1S/C10H12O3S2/c1-4-8(11)6-10(14)13-7(3)15-9(12)5-2/h4-5,7H,1-2,6H2,3H3. The highest BCUT2D eigenvalue weighted by molar-refractivity contribution is 8.14. The highest BCUT2D eigenvalue weighted by Gasteiger charge is 2.11. The van der Waals surface area contributed by atoms with Gasteiger partial charge >= 0.3 is 0 Å². The molecule has 0 aliphatic heterocycles. The first kappa shape index (κ1) is 14.1. The lowest BCUT2D eigenvalue weighted by atomic mass is 10.3. The van der Waals surface area contributed by atoms with Crippen molar-refractivity contribution in [2.45, 2.75) is 18.8 Å². The molecule has 0 bridgehead atoms. The van der Waals surface area contributed by atoms with Crippen molar-refractivity contribution in [1.82, 2.24) is 0 Å². The molecule has 0 radical (unpaired) electrons. The van der Waals surface area contributed by atoms with E-state index in [-0.39, 0.29) is 22.4 Å². The highest BCUT2D eigenvalue weighted by Crippen LogP contribution is 2.14. The Bertz CT molecular complexity index is 297. The molecule has 0 spiro atoms. The maximum absolute atomic E-state index is 10.9. The minimum absolute atomic E-state index is 0.0199. The molecule has 5 heteroatoms. The predicted octanol–water partition coefficient (Wildman–Crippen LogP) is 2.27. The molecule has 15 heavy (non-hydrogen) atoms. The van der Waals surface area contributed by atoms with Crippen LogP contribution in [-0.2, 0) is 14.3 Å². The van der Waals surface area contributed by atoms with E-state index >= 15 is 0 Å². The zero-order valence-electron chi connectivity index (χ0n) is 8.39. The molecule has 1 atom stereocenters. The molecule has 82 valence electrons. The van der Waals surface area contributed by atoms with Crippen molar-refractivity contribution in [2.24, 2.45) is 0 Å². The van der Waals surface area contributed by atoms with E-state index in [9.17, 15) is 9.59 Å². The molecular weight excluding hydrogens is 232 g/mol. The smallest absolute Gasteiger partial charge is 0.215 e. The van der Waals surface area contributed by atoms with Crippen molar-refractivity contribution >= 4 is 39.9 Å². The normalized spacial score (nSPS) is 11.3. The largest absolute Gasteiger partial charge is 0.473 e. The minimum atomic E-state index is -0.416. The maximum atomic E-state index is 10.9. The van der Waals surface area contributed by atoms with E-state index in [2.05, 4.69) is 13.2 Å². The lowest BCUT2D eigenvalue weighted by Gasteiger charge is -2.12. The summed E-state index contributed by atoms with van der Waals surface area (Å²) in [6.07, 6.45) is 2.40. The first-order valence-electron chi connectivity index (χ1n) is 4.17. The SMILES string of the molecule is C=CC(=O)CC(=S)OC(C)SC(=O)C=C. The first-order chi connectivity index (χ1) is 6.99. The fourth-order valence-corrected chi connectivity index (χ4v) is 1.61. The second-order valence-electron chi connectivity index (χ2n) is 2.55. The fraction of sp³-hybridized carbons (Fsp3) is 0.300. The Morgan fingerprint density at radius 2 is 2.07 bits per heavy atom. The first-order valence-corrected chi connectivity index (χ1v) is 5.46. The number of allylic oxidation sites excluding steroid dienone is 1. The summed E-state index contributed by atoms with van der Waals surface area (Å²) in [6, 6.07) is 0. The van der Waals surface area contributed by atoms with Gasteiger partial charge in [0.15, 0.2) is 10.8 Å². The van der Waals surface area contributed by atoms with E-state index in [0.29, 0.717) is 0 Å². The molecule has 0 aliphatic rings. The van der Waals surface area contributed by atoms with Crippen LogP contribution in [0.2, 0.25) is 0 Å². The van der Waals surface area contributed by atoms with Crippen LogP contribution in [0.5, 0.6) is 0 Å². The maximum Gasteiger partial charge on any atom is 0.215 e. The van der Waals surface area contributed by atoms with Crippen LogP contribution in [0, 0.1) is 0 Å². The Hall–Kier alpha value is -0.940. The Morgan fingerprint density at radius 3 is 2.53 bits per heavy atom. The summed E-state index contributed by atoms with van der Waals surface area (Å²) < 4.78 is 5.15. The van der Waals surface area contributed by atoms with E-state index < -0.39 is 5.44 Å². The topological polar surface area (TPSA) is 43.4 Å². The average molecular weight is 244 g/mol. The van der Waals surface area contributed by atoms with Crippen LogP contribution in [-0.4, -0.2) is 21.4 Å². The van der Waals surface area contributed by atoms with Gasteiger partial charge in [-0.25, -0.2) is 0 Å². The third-order valence-corrected chi connectivity index (χ3v) is 2.36. The van der Waals surface area contributed by atoms with Crippen LogP contribution >= 0.6 is 24.0 Å². The highest BCUT2D eigenvalue weighted by atomic mass is 32.2. The number of ketones is 1. The molecule has 0 aromatic rings. The van der Waals surface area contributed by atoms with Crippen molar-refractivity contribution in [3.05, 3.63) is 25.3 Å². The number of ether oxygens (including phenoxy) is 1. The van der Waals surface area contributed by atoms with E-state index in [1.807, 2.05) is 0 Å². The van der Waals surface area contributed by atoms with Crippen LogP contribution in [0.4, 0.5) is 0 Å². The number of hydrogen-bond acceptors (Lipinski definition) is 5. The molecule has 3 nitrogen and oxygen atoms in total. The average Bonchev–Trinajstić information content (AvgIpc) is 2.16. The zero-order valence-corrected chi connectivity index (χ0v) is 10.0. The van der Waals surface area contributed by atoms with Crippen LogP contribution in [0.15, 0.2) is 25.3 Å². The summed E-state index contributed by atoms with van der Waals surface area (Å²) in [4.78, 5) is 21.8. The second kappa shape index (κ2) is 7.36. The van der Waals surface area contributed by atoms with Crippen LogP contribution in [0.1, 0.15) is 13.3 Å². The van der Waals surface area contributed by atoms with Gasteiger partial charge < -0.3 is 4.74 Å². The molecular formula is C10H12O3S2. The van der Waals surface area contributed by atoms with Gasteiger partial charge in [-0.3, -0.25) is 9.59 Å². The summed E-state index contributed by atoms with van der Waals surface area (Å²) in [5.41, 5.74) is -0.416. The second-order valence-corrected chi connectivity index (χ2v) is 4.30. The molecule has 1 unspecified atom stereocenters. The summed E-state index contributed by atoms with van der Waals surface area (Å²) in [6.45, 7) is 8.32. The fourth-order valence-electron chi connectivity index (χ4n) is 0.677. The van der Waals surface area contributed by atoms with Gasteiger partial charge in [0.25, 0.3) is 0 Å². The number of carbonyl (C=O) groups excluding carboxylic acids is 2. The van der Waals surface area contributed by atoms with E-state index in [1.54, 1.807) is 6.92 Å². The van der Waals surface area contributed by atoms with Crippen LogP contribution in [0.25, 0.3) is 0 Å². The molecule has 0 aliphatic carbocycles. The molecule has 0 N–H and O–H groups in total. The Labute approximate surface area is 98.6 Å². The van der Waals surface area contributed by atoms with E-state index in [0.717, 1.165) is 11.8 Å². The summed E-state index contributed by atoms with van der Waals surface area (Å²) in [5, 5.41) is -0.0305. The number of hydrogen-bond donors (Lipinski definition) is 0. The van der Waals surface area contributed by atoms with Gasteiger partial charge in [-0.15, -0.1) is 0 Å². The lowest BCUT2D eigenvalue weighted by Crippen LogP contribution is -2.14. The molecule has 0 saturated carbocycles. The molecule has 0 aromatic heterocycles. The van der Waals surface area contributed by atoms with E-state index in [4.69, 9.17) is 17.0 Å². The number of carbonyl (C=O) groups is 2. The van der Waals surface area contributed by atoms with Crippen LogP contribution in [0.3, 0.4) is 0 Å². The van der Waals surface area contributed by atoms with Crippen molar-refractivity contribution in [1.29, 1.82) is 0 Å². The van der Waals surface area contributed by atoms with Gasteiger partial charge in [0, 0.05) is 0 Å². The van der Waals surface area contributed by atoms with Crippen molar-refractivity contribution in [3.63, 3.8) is 0 Å². The third kappa shape index (κ3) is 7.04. The van der Waals surface area contributed by atoms with Gasteiger partial charge in [-0.1, -0.05) is 13.2 Å². The third-order valence-electron chi connectivity index (χ3n) is 1.29. The molecule has 0 fully saturated rings. The number of rotatable bonds is 6. The Morgan fingerprint density at radius 1 is 1.47 bits per heavy atom. The van der Waals surface area contributed by atoms with Gasteiger partial charge in [0.2, 0.25) is 5.12 Å². The van der Waals surface area contributed by atoms with E-state index in [1.165, 1.54) is 12.2 Å².